The number of ketones is 1. The number of aryl methyl sites for hydroxylation is 1. The number of likely N-dealkylation sites (tertiary alicyclic amines) is 1. The summed E-state index contributed by atoms with van der Waals surface area (Å²) in [7, 11) is 1.61. The van der Waals surface area contributed by atoms with Gasteiger partial charge in [0.05, 0.1) is 39.0 Å². The van der Waals surface area contributed by atoms with Crippen LogP contribution in [0.4, 0.5) is 4.39 Å². The third kappa shape index (κ3) is 7.79. The van der Waals surface area contributed by atoms with E-state index in [-0.39, 0.29) is 59.7 Å². The van der Waals surface area contributed by atoms with Crippen LogP contribution in [0, 0.1) is 5.41 Å². The summed E-state index contributed by atoms with van der Waals surface area (Å²) in [6.07, 6.45) is 3.48. The highest BCUT2D eigenvalue weighted by atomic mass is 19.1. The molecule has 44 heavy (non-hydrogen) atoms. The Balaban J connectivity index is 1.91. The fourth-order valence-corrected chi connectivity index (χ4v) is 5.41. The number of amides is 1. The molecule has 2 N–H and O–H groups in total. The number of rotatable bonds is 15. The molecular formula is C34H46FN3O6. The Labute approximate surface area is 260 Å². The van der Waals surface area contributed by atoms with Crippen molar-refractivity contribution in [3.8, 4) is 5.75 Å². The monoisotopic (exact) mass is 611 g/mol. The predicted octanol–water partition coefficient (Wildman–Crippen LogP) is 5.24. The summed E-state index contributed by atoms with van der Waals surface area (Å²) in [4.78, 5) is 29.1. The summed E-state index contributed by atoms with van der Waals surface area (Å²) < 4.78 is 32.7. The summed E-state index contributed by atoms with van der Waals surface area (Å²) >= 11 is 0. The quantitative estimate of drug-likeness (QED) is 0.206. The van der Waals surface area contributed by atoms with Crippen molar-refractivity contribution < 1.29 is 33.3 Å². The first-order valence-corrected chi connectivity index (χ1v) is 15.2. The Morgan fingerprint density at radius 1 is 1.14 bits per heavy atom. The zero-order valence-electron chi connectivity index (χ0n) is 27.1. The van der Waals surface area contributed by atoms with Gasteiger partial charge in [-0.3, -0.25) is 15.0 Å². The third-order valence-electron chi connectivity index (χ3n) is 7.50. The standard InChI is InChI=1S/C34H46FN3O6/c1-8-15-37(28(41)21-39)16-11-12-22-17-24(18-25(31(22)42-7)34(4,5)6)26(40)20-38-19-23-13-14-27(43-9-2)32(44-10-3)30(35)29(23)33(38)36/h14,17-18,36,39H,8-12,15-16,19-21H2,1-7H3. The molecule has 240 valence electrons. The van der Waals surface area contributed by atoms with Crippen molar-refractivity contribution in [2.24, 2.45) is 0 Å². The van der Waals surface area contributed by atoms with E-state index in [1.54, 1.807) is 25.9 Å². The highest BCUT2D eigenvalue weighted by Crippen LogP contribution is 2.37. The average molecular weight is 612 g/mol. The first-order chi connectivity index (χ1) is 20.9. The van der Waals surface area contributed by atoms with E-state index in [9.17, 15) is 14.7 Å². The number of ether oxygens (including phenoxy) is 3. The SMILES string of the molecule is CCCN(CCCc1cc(C(=O)CN2CC3=C=CC(OCC)=C(OCC)C(F)=C3C2=N)cc(C(C)(C)C)c1OC)C(=O)CO. The number of benzene rings is 1. The van der Waals surface area contributed by atoms with Gasteiger partial charge in [0.25, 0.3) is 0 Å². The Morgan fingerprint density at radius 3 is 2.43 bits per heavy atom. The van der Waals surface area contributed by atoms with E-state index in [0.717, 1.165) is 17.5 Å². The lowest BCUT2D eigenvalue weighted by Gasteiger charge is -2.26. The van der Waals surface area contributed by atoms with Crippen molar-refractivity contribution in [3.05, 3.63) is 69.1 Å². The summed E-state index contributed by atoms with van der Waals surface area (Å²) in [6, 6.07) is 3.65. The molecule has 3 rings (SSSR count). The summed E-state index contributed by atoms with van der Waals surface area (Å²) in [5.41, 5.74) is 5.39. The molecule has 1 aromatic carbocycles. The molecule has 1 aliphatic heterocycles. The average Bonchev–Trinajstić information content (AvgIpc) is 3.23. The van der Waals surface area contributed by atoms with Crippen molar-refractivity contribution in [2.75, 3.05) is 53.1 Å². The first-order valence-electron chi connectivity index (χ1n) is 15.2. The number of fused-ring (bicyclic) bond motifs is 1. The maximum absolute atomic E-state index is 15.8. The van der Waals surface area contributed by atoms with E-state index >= 15 is 4.39 Å². The lowest BCUT2D eigenvalue weighted by Crippen LogP contribution is -2.35. The Morgan fingerprint density at radius 2 is 1.84 bits per heavy atom. The lowest BCUT2D eigenvalue weighted by atomic mass is 9.83. The number of Topliss-reactive ketones (excluding diaryl/α,β-unsaturated/α-hetero) is 1. The molecule has 0 radical (unpaired) electrons. The Bertz CT molecular complexity index is 1400. The molecule has 0 unspecified atom stereocenters. The number of carbonyl (C=O) groups excluding carboxylic acids is 2. The van der Waals surface area contributed by atoms with Crippen molar-refractivity contribution in [2.45, 2.75) is 66.2 Å². The number of halogens is 1. The van der Waals surface area contributed by atoms with E-state index in [4.69, 9.17) is 19.6 Å². The number of nitrogens with one attached hydrogen (secondary N) is 1. The number of carbonyl (C=O) groups is 2. The van der Waals surface area contributed by atoms with Gasteiger partial charge >= 0.3 is 0 Å². The van der Waals surface area contributed by atoms with Crippen molar-refractivity contribution in [1.29, 1.82) is 5.41 Å². The Hall–Kier alpha value is -3.88. The van der Waals surface area contributed by atoms with Crippen LogP contribution in [0.5, 0.6) is 5.75 Å². The van der Waals surface area contributed by atoms with Gasteiger partial charge in [0.1, 0.15) is 18.2 Å². The number of nitrogens with zero attached hydrogens (tertiary/aromatic N) is 2. The minimum atomic E-state index is -0.704. The molecule has 0 saturated carbocycles. The number of aliphatic hydroxyl groups excluding tert-OH is 1. The van der Waals surface area contributed by atoms with Gasteiger partial charge in [0.2, 0.25) is 5.91 Å². The van der Waals surface area contributed by atoms with Gasteiger partial charge < -0.3 is 29.1 Å². The molecule has 1 aliphatic carbocycles. The number of hydrogen-bond donors (Lipinski definition) is 2. The van der Waals surface area contributed by atoms with Crippen LogP contribution in [0.2, 0.25) is 0 Å². The van der Waals surface area contributed by atoms with E-state index < -0.39 is 12.4 Å². The van der Waals surface area contributed by atoms with Gasteiger partial charge in [-0.25, -0.2) is 4.39 Å². The number of aliphatic hydroxyl groups is 1. The Kier molecular flexibility index (Phi) is 12.0. The third-order valence-corrected chi connectivity index (χ3v) is 7.50. The highest BCUT2D eigenvalue weighted by molar-refractivity contribution is 6.08. The highest BCUT2D eigenvalue weighted by Gasteiger charge is 2.36. The summed E-state index contributed by atoms with van der Waals surface area (Å²) in [5, 5.41) is 18.1. The molecule has 0 atom stereocenters. The lowest BCUT2D eigenvalue weighted by molar-refractivity contribution is -0.134. The van der Waals surface area contributed by atoms with Gasteiger partial charge in [0, 0.05) is 35.9 Å². The smallest absolute Gasteiger partial charge is 0.248 e. The topological polar surface area (TPSA) is 112 Å². The van der Waals surface area contributed by atoms with Crippen LogP contribution in [0.15, 0.2) is 52.4 Å². The first kappa shape index (κ1) is 34.6. The maximum atomic E-state index is 15.8. The number of hydrogen-bond acceptors (Lipinski definition) is 7. The molecule has 1 fully saturated rings. The van der Waals surface area contributed by atoms with Crippen LogP contribution >= 0.6 is 0 Å². The van der Waals surface area contributed by atoms with Gasteiger partial charge in [-0.1, -0.05) is 27.7 Å². The number of allylic oxidation sites excluding steroid dienone is 2. The molecule has 1 aromatic rings. The molecule has 0 spiro atoms. The normalized spacial score (nSPS) is 14.9. The van der Waals surface area contributed by atoms with Crippen LogP contribution < -0.4 is 4.74 Å². The van der Waals surface area contributed by atoms with Gasteiger partial charge in [-0.2, -0.15) is 0 Å². The molecule has 0 aromatic heterocycles. The fraction of sp³-hybridized carbons (Fsp3) is 0.529. The van der Waals surface area contributed by atoms with Crippen LogP contribution in [-0.4, -0.2) is 85.5 Å². The van der Waals surface area contributed by atoms with Gasteiger partial charge in [0.15, 0.2) is 23.1 Å². The molecule has 1 saturated heterocycles. The second-order valence-corrected chi connectivity index (χ2v) is 11.8. The fourth-order valence-electron chi connectivity index (χ4n) is 5.41. The molecule has 10 heteroatoms. The minimum Gasteiger partial charge on any atom is -0.496 e. The van der Waals surface area contributed by atoms with E-state index in [1.807, 2.05) is 39.8 Å². The zero-order valence-corrected chi connectivity index (χ0v) is 27.1. The van der Waals surface area contributed by atoms with E-state index in [0.29, 0.717) is 49.4 Å². The van der Waals surface area contributed by atoms with Crippen LogP contribution in [0.25, 0.3) is 0 Å². The molecule has 0 bridgehead atoms. The largest absolute Gasteiger partial charge is 0.496 e. The van der Waals surface area contributed by atoms with Crippen LogP contribution in [-0.2, 0) is 26.1 Å². The number of amidine groups is 1. The predicted molar refractivity (Wildman–Crippen MR) is 168 cm³/mol. The number of methoxy groups -OCH3 is 1. The van der Waals surface area contributed by atoms with E-state index in [2.05, 4.69) is 5.73 Å². The second kappa shape index (κ2) is 15.2. The molecule has 1 amide bonds. The molecular weight excluding hydrogens is 565 g/mol. The van der Waals surface area contributed by atoms with Gasteiger partial charge in [-0.15, -0.1) is 5.73 Å². The van der Waals surface area contributed by atoms with Crippen molar-refractivity contribution >= 4 is 17.5 Å². The summed E-state index contributed by atoms with van der Waals surface area (Å²) in [6.45, 7) is 12.7. The minimum absolute atomic E-state index is 0.0482. The maximum Gasteiger partial charge on any atom is 0.248 e. The summed E-state index contributed by atoms with van der Waals surface area (Å²) in [5.74, 6) is -0.500. The van der Waals surface area contributed by atoms with Crippen LogP contribution in [0.1, 0.15) is 75.9 Å². The van der Waals surface area contributed by atoms with Crippen molar-refractivity contribution in [3.63, 3.8) is 0 Å². The van der Waals surface area contributed by atoms with E-state index in [1.165, 1.54) is 11.0 Å². The molecule has 2 aliphatic rings. The second-order valence-electron chi connectivity index (χ2n) is 11.8. The van der Waals surface area contributed by atoms with Crippen LogP contribution in [0.3, 0.4) is 0 Å². The van der Waals surface area contributed by atoms with Gasteiger partial charge in [-0.05, 0) is 56.2 Å². The molecule has 9 nitrogen and oxygen atoms in total. The molecule has 1 heterocycles. The van der Waals surface area contributed by atoms with Crippen molar-refractivity contribution in [1.82, 2.24) is 9.80 Å². The zero-order chi connectivity index (χ0) is 32.6.